The molecule has 0 atom stereocenters. The van der Waals surface area contributed by atoms with Crippen molar-refractivity contribution in [1.29, 1.82) is 0 Å². The molecule has 0 saturated carbocycles. The van der Waals surface area contributed by atoms with Gasteiger partial charge in [-0.15, -0.1) is 0 Å². The highest BCUT2D eigenvalue weighted by atomic mass is 32.1. The Hall–Kier alpha value is -3.99. The van der Waals surface area contributed by atoms with Gasteiger partial charge in [0.05, 0.1) is 18.8 Å². The number of rotatable bonds is 10. The van der Waals surface area contributed by atoms with Crippen LogP contribution in [-0.4, -0.2) is 54.8 Å². The first kappa shape index (κ1) is 26.1. The molecule has 0 spiro atoms. The first-order valence-corrected chi connectivity index (χ1v) is 12.0. The maximum absolute atomic E-state index is 12.3. The van der Waals surface area contributed by atoms with Crippen LogP contribution in [0.2, 0.25) is 0 Å². The van der Waals surface area contributed by atoms with Crippen molar-refractivity contribution in [2.24, 2.45) is 0 Å². The van der Waals surface area contributed by atoms with E-state index in [2.05, 4.69) is 10.6 Å². The number of methoxy groups -OCH3 is 1. The third kappa shape index (κ3) is 6.23. The Morgan fingerprint density at radius 2 is 1.84 bits per heavy atom. The van der Waals surface area contributed by atoms with Gasteiger partial charge < -0.3 is 34.7 Å². The second-order valence-electron chi connectivity index (χ2n) is 8.22. The average Bonchev–Trinajstić information content (AvgIpc) is 2.86. The topological polar surface area (TPSA) is 130 Å². The minimum atomic E-state index is -1.13. The van der Waals surface area contributed by atoms with Crippen LogP contribution in [0.5, 0.6) is 5.75 Å². The van der Waals surface area contributed by atoms with Crippen molar-refractivity contribution in [3.8, 4) is 28.2 Å². The SMILES string of the molecule is COCCOCCCNC(=S)Nc1ccc(-c2c3ccc(=O)cc-3oc3cc(O)ccc23)c(C(=O)O)c1. The summed E-state index contributed by atoms with van der Waals surface area (Å²) >= 11 is 5.35. The summed E-state index contributed by atoms with van der Waals surface area (Å²) in [6.07, 6.45) is 0.741. The largest absolute Gasteiger partial charge is 0.508 e. The lowest BCUT2D eigenvalue weighted by Crippen LogP contribution is -2.30. The number of fused-ring (bicyclic) bond motifs is 2. The molecule has 0 aromatic heterocycles. The predicted octanol–water partition coefficient (Wildman–Crippen LogP) is 4.31. The number of hydrogen-bond donors (Lipinski definition) is 4. The lowest BCUT2D eigenvalue weighted by Gasteiger charge is -2.18. The smallest absolute Gasteiger partial charge is 0.336 e. The number of aromatic hydroxyl groups is 1. The van der Waals surface area contributed by atoms with Gasteiger partial charge in [0.1, 0.15) is 17.1 Å². The van der Waals surface area contributed by atoms with E-state index in [9.17, 15) is 19.8 Å². The van der Waals surface area contributed by atoms with Crippen molar-refractivity contribution in [3.05, 3.63) is 70.4 Å². The van der Waals surface area contributed by atoms with Gasteiger partial charge in [-0.3, -0.25) is 4.79 Å². The Kier molecular flexibility index (Phi) is 8.34. The molecule has 4 N–H and O–H groups in total. The van der Waals surface area contributed by atoms with Gasteiger partial charge in [0.25, 0.3) is 0 Å². The molecule has 1 aliphatic carbocycles. The zero-order chi connectivity index (χ0) is 26.4. The van der Waals surface area contributed by atoms with Gasteiger partial charge >= 0.3 is 5.97 Å². The molecular formula is C27H26N2O7S. The van der Waals surface area contributed by atoms with Crippen LogP contribution < -0.4 is 16.1 Å². The molecule has 0 bridgehead atoms. The Morgan fingerprint density at radius 1 is 1.03 bits per heavy atom. The number of carboxylic acid groups (broad SMARTS) is 1. The Morgan fingerprint density at radius 3 is 2.62 bits per heavy atom. The summed E-state index contributed by atoms with van der Waals surface area (Å²) in [5.74, 6) is -0.858. The van der Waals surface area contributed by atoms with Crippen LogP contribution in [-0.2, 0) is 9.47 Å². The third-order valence-electron chi connectivity index (χ3n) is 5.64. The number of carbonyl (C=O) groups is 1. The van der Waals surface area contributed by atoms with Crippen LogP contribution in [0.15, 0.2) is 63.8 Å². The Balaban J connectivity index is 1.63. The van der Waals surface area contributed by atoms with E-state index in [4.69, 9.17) is 26.1 Å². The molecule has 0 saturated heterocycles. The maximum atomic E-state index is 12.3. The number of ether oxygens (including phenoxy) is 2. The summed E-state index contributed by atoms with van der Waals surface area (Å²) in [5, 5.41) is 27.1. The Labute approximate surface area is 218 Å². The fourth-order valence-corrected chi connectivity index (χ4v) is 4.18. The van der Waals surface area contributed by atoms with Gasteiger partial charge in [0.15, 0.2) is 10.5 Å². The van der Waals surface area contributed by atoms with Crippen LogP contribution in [0.25, 0.3) is 33.4 Å². The van der Waals surface area contributed by atoms with Gasteiger partial charge in [-0.25, -0.2) is 4.79 Å². The second-order valence-corrected chi connectivity index (χ2v) is 8.63. The van der Waals surface area contributed by atoms with Crippen LogP contribution in [0.1, 0.15) is 16.8 Å². The average molecular weight is 523 g/mol. The summed E-state index contributed by atoms with van der Waals surface area (Å²) in [7, 11) is 1.62. The van der Waals surface area contributed by atoms with Crippen molar-refractivity contribution in [1.82, 2.24) is 5.32 Å². The van der Waals surface area contributed by atoms with Gasteiger partial charge in [0.2, 0.25) is 0 Å². The lowest BCUT2D eigenvalue weighted by molar-refractivity contribution is 0.0697. The molecule has 37 heavy (non-hydrogen) atoms. The molecule has 2 aliphatic rings. The van der Waals surface area contributed by atoms with Crippen LogP contribution >= 0.6 is 12.2 Å². The summed E-state index contributed by atoms with van der Waals surface area (Å²) in [4.78, 5) is 24.3. The fourth-order valence-electron chi connectivity index (χ4n) is 3.96. The first-order chi connectivity index (χ1) is 17.9. The third-order valence-corrected chi connectivity index (χ3v) is 5.88. The van der Waals surface area contributed by atoms with E-state index in [0.29, 0.717) is 64.8 Å². The second kappa shape index (κ2) is 11.8. The van der Waals surface area contributed by atoms with Gasteiger partial charge in [-0.2, -0.15) is 0 Å². The molecule has 10 heteroatoms. The zero-order valence-electron chi connectivity index (χ0n) is 20.1. The van der Waals surface area contributed by atoms with E-state index in [1.54, 1.807) is 31.4 Å². The fraction of sp³-hybridized carbons (Fsp3) is 0.222. The van der Waals surface area contributed by atoms with Crippen molar-refractivity contribution in [3.63, 3.8) is 0 Å². The van der Waals surface area contributed by atoms with Crippen molar-refractivity contribution >= 4 is 40.0 Å². The number of carboxylic acids is 1. The molecule has 9 nitrogen and oxygen atoms in total. The lowest BCUT2D eigenvalue weighted by atomic mass is 9.90. The monoisotopic (exact) mass is 522 g/mol. The molecule has 0 unspecified atom stereocenters. The summed E-state index contributed by atoms with van der Waals surface area (Å²) in [6.45, 7) is 2.22. The number of benzene rings is 3. The van der Waals surface area contributed by atoms with Crippen LogP contribution in [0.3, 0.4) is 0 Å². The highest BCUT2D eigenvalue weighted by Crippen LogP contribution is 2.42. The summed E-state index contributed by atoms with van der Waals surface area (Å²) < 4.78 is 16.2. The number of thiocarbonyl (C=S) groups is 1. The minimum absolute atomic E-state index is 0.0135. The van der Waals surface area contributed by atoms with E-state index in [1.807, 2.05) is 0 Å². The first-order valence-electron chi connectivity index (χ1n) is 11.6. The number of nitrogens with one attached hydrogen (secondary N) is 2. The number of aromatic carboxylic acids is 1. The Bertz CT molecular complexity index is 1470. The maximum Gasteiger partial charge on any atom is 0.336 e. The zero-order valence-corrected chi connectivity index (χ0v) is 20.9. The standard InChI is InChI=1S/C27H26N2O7S/c1-34-11-12-35-10-2-9-28-27(37)29-16-3-6-19(22(13-16)26(32)33)25-20-7-4-17(30)14-23(20)36-24-15-18(31)5-8-21(24)25/h3-8,13-15,30H,2,9-12H2,1H3,(H,32,33)(H2,28,29,37). The molecule has 2 aromatic rings. The molecule has 0 fully saturated rings. The van der Waals surface area contributed by atoms with Crippen molar-refractivity contribution in [2.75, 3.05) is 38.8 Å². The van der Waals surface area contributed by atoms with Crippen molar-refractivity contribution in [2.45, 2.75) is 6.42 Å². The van der Waals surface area contributed by atoms with Gasteiger partial charge in [0, 0.05) is 54.6 Å². The summed E-state index contributed by atoms with van der Waals surface area (Å²) in [5.41, 5.74) is 2.20. The molecule has 0 amide bonds. The van der Waals surface area contributed by atoms with Gasteiger partial charge in [-0.05, 0) is 60.6 Å². The van der Waals surface area contributed by atoms with Crippen LogP contribution in [0, 0.1) is 0 Å². The van der Waals surface area contributed by atoms with Gasteiger partial charge in [-0.1, -0.05) is 6.07 Å². The molecular weight excluding hydrogens is 496 g/mol. The minimum Gasteiger partial charge on any atom is -0.508 e. The van der Waals surface area contributed by atoms with E-state index in [-0.39, 0.29) is 22.5 Å². The highest BCUT2D eigenvalue weighted by Gasteiger charge is 2.22. The van der Waals surface area contributed by atoms with E-state index >= 15 is 0 Å². The molecule has 192 valence electrons. The van der Waals surface area contributed by atoms with E-state index in [1.165, 1.54) is 30.3 Å². The molecule has 1 heterocycles. The number of phenols is 1. The predicted molar refractivity (Wildman–Crippen MR) is 145 cm³/mol. The van der Waals surface area contributed by atoms with E-state index < -0.39 is 5.97 Å². The molecule has 0 radical (unpaired) electrons. The number of phenolic OH excluding ortho intramolecular Hbond substituents is 1. The number of hydrogen-bond acceptors (Lipinski definition) is 7. The number of anilines is 1. The van der Waals surface area contributed by atoms with E-state index in [0.717, 1.165) is 6.42 Å². The quantitative estimate of drug-likeness (QED) is 0.136. The normalized spacial score (nSPS) is 11.1. The van der Waals surface area contributed by atoms with Crippen LogP contribution in [0.4, 0.5) is 5.69 Å². The molecule has 2 aromatic carbocycles. The summed E-state index contributed by atoms with van der Waals surface area (Å²) in [6, 6.07) is 13.9. The van der Waals surface area contributed by atoms with Crippen molar-refractivity contribution < 1.29 is 28.9 Å². The molecule has 1 aliphatic heterocycles. The highest BCUT2D eigenvalue weighted by molar-refractivity contribution is 7.80. The molecule has 4 rings (SSSR count).